The smallest absolute Gasteiger partial charge is 0.238 e. The molecule has 2 rings (SSSR count). The van der Waals surface area contributed by atoms with Gasteiger partial charge < -0.3 is 10.6 Å². The number of hydrogen-bond donors (Lipinski definition) is 2. The van der Waals surface area contributed by atoms with Crippen LogP contribution in [0.15, 0.2) is 12.1 Å². The number of aryl methyl sites for hydroxylation is 3. The Kier molecular flexibility index (Phi) is 6.59. The first kappa shape index (κ1) is 19.4. The zero-order valence-electron chi connectivity index (χ0n) is 16.1. The van der Waals surface area contributed by atoms with E-state index in [4.69, 9.17) is 0 Å². The quantitative estimate of drug-likeness (QED) is 0.833. The molecule has 0 aliphatic heterocycles. The minimum atomic E-state index is -0.327. The highest BCUT2D eigenvalue weighted by molar-refractivity contribution is 5.94. The average Bonchev–Trinajstić information content (AvgIpc) is 3.02. The molecule has 1 saturated carbocycles. The Bertz CT molecular complexity index is 613. The number of nitrogens with one attached hydrogen (secondary N) is 2. The van der Waals surface area contributed by atoms with Gasteiger partial charge in [-0.2, -0.15) is 0 Å². The van der Waals surface area contributed by atoms with Gasteiger partial charge in [0.1, 0.15) is 0 Å². The van der Waals surface area contributed by atoms with E-state index in [2.05, 4.69) is 22.8 Å². The summed E-state index contributed by atoms with van der Waals surface area (Å²) in [7, 11) is 1.81. The van der Waals surface area contributed by atoms with E-state index in [1.807, 2.05) is 34.7 Å². The molecule has 2 amide bonds. The van der Waals surface area contributed by atoms with Crippen molar-refractivity contribution in [3.8, 4) is 0 Å². The Balaban J connectivity index is 1.89. The number of amides is 2. The fraction of sp³-hybridized carbons (Fsp3) is 0.600. The lowest BCUT2D eigenvalue weighted by Gasteiger charge is -2.25. The van der Waals surface area contributed by atoms with E-state index < -0.39 is 0 Å². The number of rotatable bonds is 6. The highest BCUT2D eigenvalue weighted by Crippen LogP contribution is 2.22. The van der Waals surface area contributed by atoms with Crippen LogP contribution in [0.1, 0.15) is 49.3 Å². The maximum Gasteiger partial charge on any atom is 0.238 e. The van der Waals surface area contributed by atoms with Crippen molar-refractivity contribution < 1.29 is 9.59 Å². The predicted molar refractivity (Wildman–Crippen MR) is 102 cm³/mol. The predicted octanol–water partition coefficient (Wildman–Crippen LogP) is 2.93. The van der Waals surface area contributed by atoms with Gasteiger partial charge in [0.25, 0.3) is 0 Å². The van der Waals surface area contributed by atoms with Gasteiger partial charge in [-0.05, 0) is 58.7 Å². The van der Waals surface area contributed by atoms with Crippen LogP contribution in [0.2, 0.25) is 0 Å². The second kappa shape index (κ2) is 8.48. The van der Waals surface area contributed by atoms with Gasteiger partial charge in [0, 0.05) is 11.7 Å². The number of nitrogens with zero attached hydrogens (tertiary/aromatic N) is 1. The molecule has 1 aromatic carbocycles. The van der Waals surface area contributed by atoms with Crippen LogP contribution >= 0.6 is 0 Å². The third-order valence-electron chi connectivity index (χ3n) is 5.08. The molecule has 5 nitrogen and oxygen atoms in total. The Labute approximate surface area is 151 Å². The number of benzene rings is 1. The summed E-state index contributed by atoms with van der Waals surface area (Å²) < 4.78 is 0. The van der Waals surface area contributed by atoms with E-state index in [0.29, 0.717) is 6.04 Å². The van der Waals surface area contributed by atoms with E-state index in [1.165, 1.54) is 18.4 Å². The Morgan fingerprint density at radius 3 is 2.28 bits per heavy atom. The molecule has 0 bridgehead atoms. The molecular weight excluding hydrogens is 314 g/mol. The second-order valence-electron chi connectivity index (χ2n) is 7.40. The molecule has 1 aromatic rings. The molecule has 0 heterocycles. The zero-order valence-corrected chi connectivity index (χ0v) is 16.1. The van der Waals surface area contributed by atoms with Crippen molar-refractivity contribution in [1.29, 1.82) is 0 Å². The molecule has 25 heavy (non-hydrogen) atoms. The molecule has 138 valence electrons. The number of carbonyl (C=O) groups is 2. The Morgan fingerprint density at radius 1 is 1.16 bits per heavy atom. The van der Waals surface area contributed by atoms with Crippen LogP contribution in [0.25, 0.3) is 0 Å². The molecule has 1 fully saturated rings. The van der Waals surface area contributed by atoms with Crippen LogP contribution in [-0.4, -0.2) is 42.4 Å². The van der Waals surface area contributed by atoms with Crippen LogP contribution in [0, 0.1) is 20.8 Å². The third-order valence-corrected chi connectivity index (χ3v) is 5.08. The van der Waals surface area contributed by atoms with Crippen molar-refractivity contribution in [2.24, 2.45) is 0 Å². The summed E-state index contributed by atoms with van der Waals surface area (Å²) in [5.41, 5.74) is 4.16. The molecule has 1 aliphatic carbocycles. The lowest BCUT2D eigenvalue weighted by atomic mass is 10.1. The minimum absolute atomic E-state index is 0.00453. The molecule has 1 atom stereocenters. The van der Waals surface area contributed by atoms with Gasteiger partial charge in [0.05, 0.1) is 12.6 Å². The van der Waals surface area contributed by atoms with Crippen LogP contribution in [0.3, 0.4) is 0 Å². The Morgan fingerprint density at radius 2 is 1.72 bits per heavy atom. The van der Waals surface area contributed by atoms with E-state index in [-0.39, 0.29) is 24.4 Å². The molecule has 0 unspecified atom stereocenters. The van der Waals surface area contributed by atoms with Crippen LogP contribution in [-0.2, 0) is 9.59 Å². The summed E-state index contributed by atoms with van der Waals surface area (Å²) in [5, 5.41) is 6.09. The van der Waals surface area contributed by atoms with Gasteiger partial charge in [0.2, 0.25) is 11.8 Å². The lowest BCUT2D eigenvalue weighted by molar-refractivity contribution is -0.127. The summed E-state index contributed by atoms with van der Waals surface area (Å²) in [5.74, 6) is -0.0945. The fourth-order valence-corrected chi connectivity index (χ4v) is 3.51. The summed E-state index contributed by atoms with van der Waals surface area (Å²) in [6, 6.07) is 4.09. The topological polar surface area (TPSA) is 61.4 Å². The number of likely N-dealkylation sites (N-methyl/N-ethyl adjacent to an activating group) is 1. The first-order valence-electron chi connectivity index (χ1n) is 9.16. The van der Waals surface area contributed by atoms with Crippen molar-refractivity contribution in [2.75, 3.05) is 18.9 Å². The van der Waals surface area contributed by atoms with Crippen molar-refractivity contribution >= 4 is 17.5 Å². The van der Waals surface area contributed by atoms with Crippen molar-refractivity contribution in [1.82, 2.24) is 10.2 Å². The summed E-state index contributed by atoms with van der Waals surface area (Å²) in [6.07, 6.45) is 4.50. The normalized spacial score (nSPS) is 16.1. The standard InChI is InChI=1S/C20H31N3O2/c1-13-10-14(2)19(15(3)11-13)22-18(24)12-23(5)16(4)20(25)21-17-8-6-7-9-17/h10-11,16-17H,6-9,12H2,1-5H3,(H,21,25)(H,22,24)/t16-/m0/s1. The molecular formula is C20H31N3O2. The average molecular weight is 345 g/mol. The van der Waals surface area contributed by atoms with Gasteiger partial charge in [-0.1, -0.05) is 30.5 Å². The van der Waals surface area contributed by atoms with Crippen molar-refractivity contribution in [2.45, 2.75) is 65.5 Å². The van der Waals surface area contributed by atoms with Crippen molar-refractivity contribution in [3.05, 3.63) is 28.8 Å². The minimum Gasteiger partial charge on any atom is -0.352 e. The van der Waals surface area contributed by atoms with Crippen molar-refractivity contribution in [3.63, 3.8) is 0 Å². The van der Waals surface area contributed by atoms with Gasteiger partial charge in [-0.25, -0.2) is 0 Å². The highest BCUT2D eigenvalue weighted by atomic mass is 16.2. The maximum absolute atomic E-state index is 12.4. The highest BCUT2D eigenvalue weighted by Gasteiger charge is 2.24. The SMILES string of the molecule is Cc1cc(C)c(NC(=O)CN(C)[C@@H](C)C(=O)NC2CCCC2)c(C)c1. The number of hydrogen-bond acceptors (Lipinski definition) is 3. The van der Waals surface area contributed by atoms with E-state index >= 15 is 0 Å². The van der Waals surface area contributed by atoms with Gasteiger partial charge in [-0.15, -0.1) is 0 Å². The fourth-order valence-electron chi connectivity index (χ4n) is 3.51. The van der Waals surface area contributed by atoms with Gasteiger partial charge >= 0.3 is 0 Å². The first-order valence-corrected chi connectivity index (χ1v) is 9.16. The lowest BCUT2D eigenvalue weighted by Crippen LogP contribution is -2.48. The molecule has 5 heteroatoms. The molecule has 2 N–H and O–H groups in total. The van der Waals surface area contributed by atoms with Crippen LogP contribution < -0.4 is 10.6 Å². The first-order chi connectivity index (χ1) is 11.8. The number of carbonyl (C=O) groups excluding carboxylic acids is 2. The molecule has 0 saturated heterocycles. The Hall–Kier alpha value is -1.88. The summed E-state index contributed by atoms with van der Waals surface area (Å²) >= 11 is 0. The summed E-state index contributed by atoms with van der Waals surface area (Å²) in [4.78, 5) is 26.5. The monoisotopic (exact) mass is 345 g/mol. The van der Waals surface area contributed by atoms with E-state index in [9.17, 15) is 9.59 Å². The largest absolute Gasteiger partial charge is 0.352 e. The van der Waals surface area contributed by atoms with E-state index in [1.54, 1.807) is 4.90 Å². The molecule has 0 spiro atoms. The molecule has 0 aromatic heterocycles. The molecule has 0 radical (unpaired) electrons. The van der Waals surface area contributed by atoms with Crippen LogP contribution in [0.5, 0.6) is 0 Å². The van der Waals surface area contributed by atoms with Crippen LogP contribution in [0.4, 0.5) is 5.69 Å². The maximum atomic E-state index is 12.4. The summed E-state index contributed by atoms with van der Waals surface area (Å²) in [6.45, 7) is 8.07. The van der Waals surface area contributed by atoms with Gasteiger partial charge in [0.15, 0.2) is 0 Å². The van der Waals surface area contributed by atoms with Gasteiger partial charge in [-0.3, -0.25) is 14.5 Å². The molecule has 1 aliphatic rings. The van der Waals surface area contributed by atoms with E-state index in [0.717, 1.165) is 29.7 Å². The number of anilines is 1. The zero-order chi connectivity index (χ0) is 18.6. The second-order valence-corrected chi connectivity index (χ2v) is 7.40. The third kappa shape index (κ3) is 5.30.